The lowest BCUT2D eigenvalue weighted by atomic mass is 10.1. The third-order valence-corrected chi connectivity index (χ3v) is 3.40. The Bertz CT molecular complexity index is 706. The number of allylic oxidation sites excluding steroid dienone is 1. The van der Waals surface area contributed by atoms with E-state index in [-0.39, 0.29) is 16.4 Å². The highest BCUT2D eigenvalue weighted by Gasteiger charge is 2.09. The van der Waals surface area contributed by atoms with Gasteiger partial charge in [0.05, 0.1) is 19.2 Å². The number of halogens is 2. The molecule has 2 aromatic rings. The van der Waals surface area contributed by atoms with Gasteiger partial charge in [-0.2, -0.15) is 0 Å². The summed E-state index contributed by atoms with van der Waals surface area (Å²) in [7, 11) is 3.00. The summed E-state index contributed by atoms with van der Waals surface area (Å²) in [5.41, 5.74) is 0.583. The first kappa shape index (κ1) is 16.0. The van der Waals surface area contributed by atoms with Gasteiger partial charge in [-0.3, -0.25) is 4.79 Å². The molecule has 0 saturated heterocycles. The zero-order valence-electron chi connectivity index (χ0n) is 12.1. The minimum absolute atomic E-state index is 0.179. The molecule has 0 bridgehead atoms. The molecule has 0 unspecified atom stereocenters. The average Bonchev–Trinajstić information content (AvgIpc) is 2.53. The van der Waals surface area contributed by atoms with Crippen LogP contribution in [0, 0.1) is 5.82 Å². The number of carbonyl (C=O) groups is 1. The van der Waals surface area contributed by atoms with Crippen molar-refractivity contribution in [2.75, 3.05) is 14.2 Å². The first-order chi connectivity index (χ1) is 10.6. The Kier molecular flexibility index (Phi) is 5.17. The molecule has 114 valence electrons. The molecule has 0 radical (unpaired) electrons. The topological polar surface area (TPSA) is 35.5 Å². The molecule has 0 heterocycles. The maximum absolute atomic E-state index is 13.6. The average molecular weight is 321 g/mol. The number of rotatable bonds is 5. The van der Waals surface area contributed by atoms with E-state index in [0.29, 0.717) is 17.1 Å². The summed E-state index contributed by atoms with van der Waals surface area (Å²) < 4.78 is 23.9. The highest BCUT2D eigenvalue weighted by Crippen LogP contribution is 2.28. The Morgan fingerprint density at radius 2 is 1.86 bits per heavy atom. The van der Waals surface area contributed by atoms with E-state index < -0.39 is 5.82 Å². The van der Waals surface area contributed by atoms with Gasteiger partial charge in [0.2, 0.25) is 0 Å². The van der Waals surface area contributed by atoms with E-state index in [1.165, 1.54) is 38.5 Å². The van der Waals surface area contributed by atoms with Gasteiger partial charge in [0, 0.05) is 11.1 Å². The molecular formula is C17H14ClFO3. The molecule has 0 aliphatic heterocycles. The van der Waals surface area contributed by atoms with Crippen LogP contribution < -0.4 is 9.47 Å². The van der Waals surface area contributed by atoms with Gasteiger partial charge < -0.3 is 9.47 Å². The molecule has 2 aromatic carbocycles. The van der Waals surface area contributed by atoms with Gasteiger partial charge in [-0.05, 0) is 42.5 Å². The molecule has 0 aliphatic rings. The lowest BCUT2D eigenvalue weighted by Crippen LogP contribution is -1.97. The maximum Gasteiger partial charge on any atom is 0.185 e. The highest BCUT2D eigenvalue weighted by atomic mass is 35.5. The molecule has 0 saturated carbocycles. The Hall–Kier alpha value is -2.33. The number of methoxy groups -OCH3 is 2. The van der Waals surface area contributed by atoms with Crippen LogP contribution in [0.1, 0.15) is 15.9 Å². The second kappa shape index (κ2) is 7.09. The fourth-order valence-corrected chi connectivity index (χ4v) is 2.14. The van der Waals surface area contributed by atoms with Crippen molar-refractivity contribution < 1.29 is 18.7 Å². The van der Waals surface area contributed by atoms with Crippen LogP contribution in [0.15, 0.2) is 42.5 Å². The van der Waals surface area contributed by atoms with Crippen LogP contribution in [0.5, 0.6) is 11.5 Å². The monoisotopic (exact) mass is 320 g/mol. The molecule has 0 spiro atoms. The number of benzene rings is 2. The van der Waals surface area contributed by atoms with E-state index >= 15 is 0 Å². The Morgan fingerprint density at radius 1 is 1.14 bits per heavy atom. The molecular weight excluding hydrogens is 307 g/mol. The van der Waals surface area contributed by atoms with Crippen LogP contribution >= 0.6 is 11.6 Å². The van der Waals surface area contributed by atoms with Crippen LogP contribution in [0.3, 0.4) is 0 Å². The SMILES string of the molecule is COc1ccc(C(=O)C=Cc2c(F)cccc2Cl)cc1OC. The zero-order valence-corrected chi connectivity index (χ0v) is 12.9. The fourth-order valence-electron chi connectivity index (χ4n) is 1.91. The summed E-state index contributed by atoms with van der Waals surface area (Å²) in [6.45, 7) is 0. The lowest BCUT2D eigenvalue weighted by molar-refractivity contribution is 0.104. The minimum atomic E-state index is -0.483. The van der Waals surface area contributed by atoms with Gasteiger partial charge in [-0.1, -0.05) is 17.7 Å². The third kappa shape index (κ3) is 3.46. The van der Waals surface area contributed by atoms with Crippen LogP contribution in [-0.4, -0.2) is 20.0 Å². The van der Waals surface area contributed by atoms with Gasteiger partial charge in [0.15, 0.2) is 17.3 Å². The molecule has 0 N–H and O–H groups in total. The van der Waals surface area contributed by atoms with Crippen molar-refractivity contribution in [3.05, 3.63) is 64.4 Å². The summed E-state index contributed by atoms with van der Waals surface area (Å²) in [5.74, 6) is 0.204. The molecule has 0 aliphatic carbocycles. The highest BCUT2D eigenvalue weighted by molar-refractivity contribution is 6.32. The fraction of sp³-hybridized carbons (Fsp3) is 0.118. The van der Waals surface area contributed by atoms with Crippen LogP contribution in [0.25, 0.3) is 6.08 Å². The van der Waals surface area contributed by atoms with Crippen LogP contribution in [0.4, 0.5) is 4.39 Å². The van der Waals surface area contributed by atoms with Crippen molar-refractivity contribution in [1.82, 2.24) is 0 Å². The third-order valence-electron chi connectivity index (χ3n) is 3.07. The van der Waals surface area contributed by atoms with E-state index in [0.717, 1.165) is 0 Å². The molecule has 0 fully saturated rings. The van der Waals surface area contributed by atoms with Crippen molar-refractivity contribution in [3.8, 4) is 11.5 Å². The lowest BCUT2D eigenvalue weighted by Gasteiger charge is -2.08. The van der Waals surface area contributed by atoms with Crippen LogP contribution in [-0.2, 0) is 0 Å². The van der Waals surface area contributed by atoms with Gasteiger partial charge in [-0.25, -0.2) is 4.39 Å². The molecule has 0 amide bonds. The number of carbonyl (C=O) groups excluding carboxylic acids is 1. The van der Waals surface area contributed by atoms with Crippen LogP contribution in [0.2, 0.25) is 5.02 Å². The smallest absolute Gasteiger partial charge is 0.185 e. The van der Waals surface area contributed by atoms with E-state index in [2.05, 4.69) is 0 Å². The van der Waals surface area contributed by atoms with E-state index in [9.17, 15) is 9.18 Å². The maximum atomic E-state index is 13.6. The predicted octanol–water partition coefficient (Wildman–Crippen LogP) is 4.39. The molecule has 3 nitrogen and oxygen atoms in total. The number of hydrogen-bond donors (Lipinski definition) is 0. The van der Waals surface area contributed by atoms with E-state index in [1.807, 2.05) is 0 Å². The van der Waals surface area contributed by atoms with Gasteiger partial charge in [-0.15, -0.1) is 0 Å². The van der Waals surface area contributed by atoms with Crippen molar-refractivity contribution in [2.24, 2.45) is 0 Å². The molecule has 0 aromatic heterocycles. The van der Waals surface area contributed by atoms with E-state index in [4.69, 9.17) is 21.1 Å². The van der Waals surface area contributed by atoms with Crippen molar-refractivity contribution in [3.63, 3.8) is 0 Å². The Labute approximate surface area is 132 Å². The summed E-state index contributed by atoms with van der Waals surface area (Å²) in [6, 6.07) is 9.16. The first-order valence-electron chi connectivity index (χ1n) is 6.45. The second-order valence-corrected chi connectivity index (χ2v) is 4.81. The molecule has 2 rings (SSSR count). The van der Waals surface area contributed by atoms with E-state index in [1.54, 1.807) is 24.3 Å². The normalized spacial score (nSPS) is 10.7. The standard InChI is InChI=1S/C17H14ClFO3/c1-21-16-9-6-11(10-17(16)22-2)15(20)8-7-12-13(18)4-3-5-14(12)19/h3-10H,1-2H3. The number of ether oxygens (including phenoxy) is 2. The first-order valence-corrected chi connectivity index (χ1v) is 6.83. The second-order valence-electron chi connectivity index (χ2n) is 4.40. The van der Waals surface area contributed by atoms with Gasteiger partial charge in [0.25, 0.3) is 0 Å². The Balaban J connectivity index is 2.27. The molecule has 5 heteroatoms. The molecule has 0 atom stereocenters. The van der Waals surface area contributed by atoms with Crippen molar-refractivity contribution in [1.29, 1.82) is 0 Å². The molecule has 22 heavy (non-hydrogen) atoms. The largest absolute Gasteiger partial charge is 0.493 e. The van der Waals surface area contributed by atoms with Gasteiger partial charge >= 0.3 is 0 Å². The summed E-state index contributed by atoms with van der Waals surface area (Å²) in [5, 5.41) is 0.247. The van der Waals surface area contributed by atoms with Gasteiger partial charge in [0.1, 0.15) is 5.82 Å². The quantitative estimate of drug-likeness (QED) is 0.605. The summed E-state index contributed by atoms with van der Waals surface area (Å²) >= 11 is 5.91. The van der Waals surface area contributed by atoms with Crippen molar-refractivity contribution >= 4 is 23.5 Å². The number of ketones is 1. The number of hydrogen-bond acceptors (Lipinski definition) is 3. The summed E-state index contributed by atoms with van der Waals surface area (Å²) in [4.78, 5) is 12.2. The minimum Gasteiger partial charge on any atom is -0.493 e. The predicted molar refractivity (Wildman–Crippen MR) is 84.3 cm³/mol. The zero-order chi connectivity index (χ0) is 16.1. The summed E-state index contributed by atoms with van der Waals surface area (Å²) in [6.07, 6.45) is 2.63. The Morgan fingerprint density at radius 3 is 2.50 bits per heavy atom. The van der Waals surface area contributed by atoms with Crippen molar-refractivity contribution in [2.45, 2.75) is 0 Å².